The van der Waals surface area contributed by atoms with Crippen LogP contribution in [0.5, 0.6) is 5.75 Å². The Labute approximate surface area is 179 Å². The van der Waals surface area contributed by atoms with Gasteiger partial charge >= 0.3 is 0 Å². The summed E-state index contributed by atoms with van der Waals surface area (Å²) in [4.78, 5) is 4.80. The molecule has 1 aliphatic carbocycles. The summed E-state index contributed by atoms with van der Waals surface area (Å²) in [6.07, 6.45) is 12.0. The molecule has 0 bridgehead atoms. The Morgan fingerprint density at radius 3 is 3.07 bits per heavy atom. The van der Waals surface area contributed by atoms with Gasteiger partial charge in [-0.25, -0.2) is 0 Å². The number of fused-ring (bicyclic) bond motifs is 1. The number of thiocarbonyl (C=S) groups is 1. The first-order valence-corrected chi connectivity index (χ1v) is 11.0. The van der Waals surface area contributed by atoms with Crippen molar-refractivity contribution in [2.45, 2.75) is 17.0 Å². The Morgan fingerprint density at radius 1 is 1.43 bits per heavy atom. The molecule has 8 heteroatoms. The molecule has 0 unspecified atom stereocenters. The van der Waals surface area contributed by atoms with E-state index in [-0.39, 0.29) is 6.04 Å². The number of thioether (sulfide) groups is 2. The number of ether oxygens (including phenoxy) is 1. The van der Waals surface area contributed by atoms with Crippen LogP contribution in [0.25, 0.3) is 0 Å². The van der Waals surface area contributed by atoms with Crippen molar-refractivity contribution >= 4 is 51.4 Å². The summed E-state index contributed by atoms with van der Waals surface area (Å²) in [5, 5.41) is 8.02. The normalized spacial score (nSPS) is 20.0. The van der Waals surface area contributed by atoms with E-state index in [4.69, 9.17) is 21.9 Å². The first kappa shape index (κ1) is 20.7. The Morgan fingerprint density at radius 2 is 2.29 bits per heavy atom. The molecular formula is C20H22N4OS3. The number of hydrogen-bond donors (Lipinski definition) is 2. The van der Waals surface area contributed by atoms with Crippen LogP contribution in [0, 0.1) is 0 Å². The van der Waals surface area contributed by atoms with Gasteiger partial charge in [-0.1, -0.05) is 53.9 Å². The summed E-state index contributed by atoms with van der Waals surface area (Å²) in [5.74, 6) is 1.65. The lowest BCUT2D eigenvalue weighted by Gasteiger charge is -2.11. The topological polar surface area (TPSA) is 58.0 Å². The van der Waals surface area contributed by atoms with Gasteiger partial charge in [-0.15, -0.1) is 6.58 Å². The molecule has 2 aliphatic rings. The summed E-state index contributed by atoms with van der Waals surface area (Å²) >= 11 is 8.68. The van der Waals surface area contributed by atoms with E-state index < -0.39 is 0 Å². The van der Waals surface area contributed by atoms with Gasteiger partial charge in [0, 0.05) is 17.9 Å². The number of hydrazone groups is 1. The summed E-state index contributed by atoms with van der Waals surface area (Å²) in [7, 11) is 1.69. The molecule has 3 rings (SSSR count). The second-order valence-electron chi connectivity index (χ2n) is 5.97. The predicted molar refractivity (Wildman–Crippen MR) is 127 cm³/mol. The van der Waals surface area contributed by atoms with Gasteiger partial charge in [0.1, 0.15) is 10.1 Å². The zero-order valence-electron chi connectivity index (χ0n) is 15.5. The van der Waals surface area contributed by atoms with Crippen molar-refractivity contribution < 1.29 is 4.74 Å². The minimum atomic E-state index is 0.266. The van der Waals surface area contributed by atoms with Crippen molar-refractivity contribution in [2.75, 3.05) is 13.7 Å². The fraction of sp³-hybridized carbons (Fsp3) is 0.250. The van der Waals surface area contributed by atoms with Gasteiger partial charge in [0.05, 0.1) is 24.6 Å². The van der Waals surface area contributed by atoms with Gasteiger partial charge in [0.15, 0.2) is 5.11 Å². The van der Waals surface area contributed by atoms with E-state index in [1.807, 2.05) is 23.9 Å². The van der Waals surface area contributed by atoms with Crippen LogP contribution in [0.1, 0.15) is 11.1 Å². The van der Waals surface area contributed by atoms with Crippen molar-refractivity contribution in [1.82, 2.24) is 10.7 Å². The average Bonchev–Trinajstić information content (AvgIpc) is 3.14. The van der Waals surface area contributed by atoms with E-state index in [0.717, 1.165) is 27.0 Å². The van der Waals surface area contributed by atoms with E-state index in [9.17, 15) is 0 Å². The second-order valence-corrected chi connectivity index (χ2v) is 8.76. The summed E-state index contributed by atoms with van der Waals surface area (Å²) in [6.45, 7) is 4.23. The van der Waals surface area contributed by atoms with E-state index in [1.54, 1.807) is 31.2 Å². The molecule has 1 aromatic carbocycles. The van der Waals surface area contributed by atoms with Crippen molar-refractivity contribution in [3.05, 3.63) is 66.3 Å². The molecule has 2 atom stereocenters. The Balaban J connectivity index is 1.60. The molecule has 1 heterocycles. The maximum Gasteiger partial charge on any atom is 0.187 e. The van der Waals surface area contributed by atoms with Gasteiger partial charge in [-0.05, 0) is 36.0 Å². The SMILES string of the molecule is C=CCNC(=S)N/N=C\c1ccc(OC)c(CSC2=N[C@@H]3C=CC=C[C@@H]3S2)c1. The van der Waals surface area contributed by atoms with E-state index in [2.05, 4.69) is 52.8 Å². The fourth-order valence-electron chi connectivity index (χ4n) is 2.64. The number of benzene rings is 1. The van der Waals surface area contributed by atoms with Crippen molar-refractivity contribution in [3.63, 3.8) is 0 Å². The molecule has 0 aromatic heterocycles. The highest BCUT2D eigenvalue weighted by atomic mass is 32.2. The Bertz CT molecular complexity index is 848. The zero-order chi connectivity index (χ0) is 19.8. The molecule has 146 valence electrons. The van der Waals surface area contributed by atoms with Crippen LogP contribution in [-0.4, -0.2) is 40.6 Å². The number of allylic oxidation sites excluding steroid dienone is 2. The average molecular weight is 431 g/mol. The molecule has 1 aromatic rings. The molecule has 5 nitrogen and oxygen atoms in total. The van der Waals surface area contributed by atoms with Crippen LogP contribution >= 0.6 is 35.7 Å². The van der Waals surface area contributed by atoms with E-state index in [1.165, 1.54) is 0 Å². The van der Waals surface area contributed by atoms with Crippen LogP contribution in [0.4, 0.5) is 0 Å². The van der Waals surface area contributed by atoms with Gasteiger partial charge in [0.2, 0.25) is 0 Å². The molecule has 1 aliphatic heterocycles. The van der Waals surface area contributed by atoms with Gasteiger partial charge < -0.3 is 10.1 Å². The quantitative estimate of drug-likeness (QED) is 0.296. The summed E-state index contributed by atoms with van der Waals surface area (Å²) in [6, 6.07) is 6.26. The Hall–Kier alpha value is -2.03. The molecule has 0 saturated heterocycles. The third-order valence-electron chi connectivity index (χ3n) is 3.99. The zero-order valence-corrected chi connectivity index (χ0v) is 17.9. The molecule has 0 saturated carbocycles. The first-order valence-electron chi connectivity index (χ1n) is 8.76. The maximum atomic E-state index is 5.51. The molecule has 2 N–H and O–H groups in total. The lowest BCUT2D eigenvalue weighted by atomic mass is 10.1. The molecule has 28 heavy (non-hydrogen) atoms. The minimum Gasteiger partial charge on any atom is -0.496 e. The van der Waals surface area contributed by atoms with Crippen molar-refractivity contribution in [2.24, 2.45) is 10.1 Å². The second kappa shape index (κ2) is 10.5. The molecule has 0 amide bonds. The Kier molecular flexibility index (Phi) is 7.76. The molecule has 0 spiro atoms. The van der Waals surface area contributed by atoms with Gasteiger partial charge in [-0.3, -0.25) is 10.4 Å². The van der Waals surface area contributed by atoms with Crippen LogP contribution in [0.2, 0.25) is 0 Å². The predicted octanol–water partition coefficient (Wildman–Crippen LogP) is 3.88. The maximum absolute atomic E-state index is 5.51. The van der Waals surface area contributed by atoms with Crippen LogP contribution in [0.3, 0.4) is 0 Å². The van der Waals surface area contributed by atoms with Crippen LogP contribution < -0.4 is 15.5 Å². The highest BCUT2D eigenvalue weighted by Gasteiger charge is 2.27. The summed E-state index contributed by atoms with van der Waals surface area (Å²) < 4.78 is 6.63. The number of rotatable bonds is 7. The lowest BCUT2D eigenvalue weighted by molar-refractivity contribution is 0.411. The van der Waals surface area contributed by atoms with Gasteiger partial charge in [0.25, 0.3) is 0 Å². The number of aliphatic imine (C=N–C) groups is 1. The van der Waals surface area contributed by atoms with Crippen molar-refractivity contribution in [3.8, 4) is 5.75 Å². The molecular weight excluding hydrogens is 408 g/mol. The molecule has 0 fully saturated rings. The van der Waals surface area contributed by atoms with E-state index in [0.29, 0.717) is 16.9 Å². The summed E-state index contributed by atoms with van der Waals surface area (Å²) in [5.41, 5.74) is 4.86. The van der Waals surface area contributed by atoms with Crippen LogP contribution in [0.15, 0.2) is 65.3 Å². The monoisotopic (exact) mass is 430 g/mol. The third-order valence-corrected chi connectivity index (χ3v) is 6.69. The lowest BCUT2D eigenvalue weighted by Crippen LogP contribution is -2.31. The minimum absolute atomic E-state index is 0.266. The highest BCUT2D eigenvalue weighted by molar-refractivity contribution is 8.39. The fourth-order valence-corrected chi connectivity index (χ4v) is 5.14. The van der Waals surface area contributed by atoms with Crippen molar-refractivity contribution in [1.29, 1.82) is 0 Å². The smallest absolute Gasteiger partial charge is 0.187 e. The number of hydrogen-bond acceptors (Lipinski definition) is 6. The standard InChI is InChI=1S/C20H22N4OS3/c1-3-10-21-19(26)24-22-12-14-8-9-17(25-2)15(11-14)13-27-20-23-16-6-4-5-7-18(16)28-20/h3-9,11-12,16,18H,1,10,13H2,2H3,(H2,21,24,26)/b22-12-/t16-,18+/m1/s1. The third kappa shape index (κ3) is 5.73. The number of methoxy groups -OCH3 is 1. The highest BCUT2D eigenvalue weighted by Crippen LogP contribution is 2.37. The van der Waals surface area contributed by atoms with E-state index >= 15 is 0 Å². The largest absolute Gasteiger partial charge is 0.496 e. The number of nitrogens with zero attached hydrogens (tertiary/aromatic N) is 2. The van der Waals surface area contributed by atoms with Gasteiger partial charge in [-0.2, -0.15) is 5.10 Å². The van der Waals surface area contributed by atoms with Crippen LogP contribution in [-0.2, 0) is 5.75 Å². The first-order chi connectivity index (χ1) is 13.7. The molecule has 0 radical (unpaired) electrons. The number of nitrogens with one attached hydrogen (secondary N) is 2.